The van der Waals surface area contributed by atoms with Gasteiger partial charge < -0.3 is 0 Å². The Morgan fingerprint density at radius 2 is 2.47 bits per heavy atom. The molecule has 0 saturated heterocycles. The first-order chi connectivity index (χ1) is 6.99. The molecule has 4 nitrogen and oxygen atoms in total. The second kappa shape index (κ2) is 4.94. The lowest BCUT2D eigenvalue weighted by molar-refractivity contribution is 0.572. The summed E-state index contributed by atoms with van der Waals surface area (Å²) < 4.78 is 26.0. The summed E-state index contributed by atoms with van der Waals surface area (Å²) in [5.74, 6) is 2.35. The van der Waals surface area contributed by atoms with Crippen molar-refractivity contribution in [3.63, 3.8) is 0 Å². The Morgan fingerprint density at radius 3 is 2.87 bits per heavy atom. The monoisotopic (exact) mass is 264 g/mol. The highest BCUT2D eigenvalue weighted by molar-refractivity contribution is 7.91. The van der Waals surface area contributed by atoms with E-state index in [4.69, 9.17) is 18.0 Å². The smallest absolute Gasteiger partial charge is 0.232 e. The van der Waals surface area contributed by atoms with Crippen LogP contribution in [0.1, 0.15) is 13.3 Å². The number of halogens is 1. The number of hydrogen-bond donors (Lipinski definition) is 1. The quantitative estimate of drug-likeness (QED) is 0.838. The van der Waals surface area contributed by atoms with Crippen molar-refractivity contribution < 1.29 is 8.42 Å². The lowest BCUT2D eigenvalue weighted by Crippen LogP contribution is -2.32. The zero-order valence-electron chi connectivity index (χ0n) is 7.90. The van der Waals surface area contributed by atoms with E-state index in [0.717, 1.165) is 11.3 Å². The topological polar surface area (TPSA) is 59.1 Å². The molecule has 82 valence electrons. The van der Waals surface area contributed by atoms with Gasteiger partial charge in [0.15, 0.2) is 8.68 Å². The lowest BCUT2D eigenvalue weighted by atomic mass is 10.3. The Kier molecular flexibility index (Phi) is 4.11. The largest absolute Gasteiger partial charge is 0.252 e. The van der Waals surface area contributed by atoms with Gasteiger partial charge in [0.1, 0.15) is 0 Å². The highest BCUT2D eigenvalue weighted by atomic mass is 35.5. The second-order valence-corrected chi connectivity index (χ2v) is 6.23. The number of thiazole rings is 1. The van der Waals surface area contributed by atoms with E-state index in [1.54, 1.807) is 6.92 Å². The van der Waals surface area contributed by atoms with Crippen LogP contribution in [-0.4, -0.2) is 19.4 Å². The van der Waals surface area contributed by atoms with E-state index in [1.807, 2.05) is 0 Å². The van der Waals surface area contributed by atoms with Crippen LogP contribution in [0.25, 0.3) is 0 Å². The van der Waals surface area contributed by atoms with E-state index in [1.165, 1.54) is 6.20 Å². The summed E-state index contributed by atoms with van der Waals surface area (Å²) in [6.07, 6.45) is 6.90. The molecule has 1 heterocycles. The van der Waals surface area contributed by atoms with Gasteiger partial charge in [-0.25, -0.2) is 13.4 Å². The first kappa shape index (κ1) is 12.5. The summed E-state index contributed by atoms with van der Waals surface area (Å²) in [4.78, 5) is 3.65. The van der Waals surface area contributed by atoms with E-state index in [-0.39, 0.29) is 8.68 Å². The summed E-state index contributed by atoms with van der Waals surface area (Å²) >= 11 is 6.44. The molecule has 0 aliphatic carbocycles. The van der Waals surface area contributed by atoms with Gasteiger partial charge in [0.25, 0.3) is 10.0 Å². The number of aromatic nitrogens is 1. The molecule has 1 unspecified atom stereocenters. The number of nitrogens with one attached hydrogen (secondary N) is 1. The molecule has 7 heteroatoms. The van der Waals surface area contributed by atoms with Gasteiger partial charge in [-0.3, -0.25) is 0 Å². The first-order valence-corrected chi connectivity index (χ1v) is 6.77. The first-order valence-electron chi connectivity index (χ1n) is 4.09. The van der Waals surface area contributed by atoms with Gasteiger partial charge in [0.2, 0.25) is 0 Å². The Bertz CT molecular complexity index is 475. The zero-order chi connectivity index (χ0) is 11.5. The molecule has 1 atom stereocenters. The normalized spacial score (nSPS) is 13.4. The van der Waals surface area contributed by atoms with Crippen LogP contribution in [0.2, 0.25) is 4.47 Å². The van der Waals surface area contributed by atoms with Crippen LogP contribution in [0, 0.1) is 12.3 Å². The maximum atomic E-state index is 11.7. The minimum atomic E-state index is -3.58. The van der Waals surface area contributed by atoms with E-state index >= 15 is 0 Å². The van der Waals surface area contributed by atoms with Crippen molar-refractivity contribution in [2.45, 2.75) is 23.6 Å². The molecule has 0 bridgehead atoms. The Hall–Kier alpha value is -0.610. The van der Waals surface area contributed by atoms with Crippen LogP contribution in [0.3, 0.4) is 0 Å². The van der Waals surface area contributed by atoms with Gasteiger partial charge >= 0.3 is 0 Å². The average Bonchev–Trinajstić information content (AvgIpc) is 2.62. The fourth-order valence-corrected chi connectivity index (χ4v) is 3.39. The minimum Gasteiger partial charge on any atom is -0.232 e. The molecular weight excluding hydrogens is 256 g/mol. The predicted octanol–water partition coefficient (Wildman–Crippen LogP) is 1.49. The number of hydrogen-bond acceptors (Lipinski definition) is 4. The van der Waals surface area contributed by atoms with Crippen molar-refractivity contribution in [1.82, 2.24) is 9.71 Å². The Balaban J connectivity index is 2.90. The summed E-state index contributed by atoms with van der Waals surface area (Å²) in [5, 5.41) is 0. The van der Waals surface area contributed by atoms with Gasteiger partial charge in [-0.1, -0.05) is 35.8 Å². The molecule has 1 N–H and O–H groups in total. The van der Waals surface area contributed by atoms with Crippen LogP contribution in [0.4, 0.5) is 0 Å². The van der Waals surface area contributed by atoms with Crippen LogP contribution in [0.5, 0.6) is 0 Å². The maximum Gasteiger partial charge on any atom is 0.252 e. The highest BCUT2D eigenvalue weighted by Gasteiger charge is 2.20. The van der Waals surface area contributed by atoms with Crippen molar-refractivity contribution in [1.29, 1.82) is 0 Å². The van der Waals surface area contributed by atoms with Gasteiger partial charge in [-0.05, 0) is 6.42 Å². The Labute approximate surface area is 97.7 Å². The summed E-state index contributed by atoms with van der Waals surface area (Å²) in [6.45, 7) is 1.80. The SMILES string of the molecule is C#CC(CC)NS(=O)(=O)c1cnc(Cl)s1. The summed E-state index contributed by atoms with van der Waals surface area (Å²) in [7, 11) is -3.58. The van der Waals surface area contributed by atoms with Gasteiger partial charge in [-0.15, -0.1) is 6.42 Å². The second-order valence-electron chi connectivity index (χ2n) is 2.68. The molecule has 0 radical (unpaired) electrons. The maximum absolute atomic E-state index is 11.7. The molecule has 0 aliphatic heterocycles. The molecule has 0 spiro atoms. The molecule has 0 aromatic carbocycles. The molecule has 0 fully saturated rings. The molecule has 15 heavy (non-hydrogen) atoms. The third-order valence-corrected chi connectivity index (χ3v) is 4.68. The number of sulfonamides is 1. The average molecular weight is 265 g/mol. The van der Waals surface area contributed by atoms with Gasteiger partial charge in [0.05, 0.1) is 12.2 Å². The van der Waals surface area contributed by atoms with Crippen molar-refractivity contribution in [2.75, 3.05) is 0 Å². The Morgan fingerprint density at radius 1 is 1.80 bits per heavy atom. The molecule has 1 rings (SSSR count). The fraction of sp³-hybridized carbons (Fsp3) is 0.375. The van der Waals surface area contributed by atoms with E-state index < -0.39 is 16.1 Å². The summed E-state index contributed by atoms with van der Waals surface area (Å²) in [6, 6.07) is -0.504. The van der Waals surface area contributed by atoms with E-state index in [9.17, 15) is 8.42 Å². The van der Waals surface area contributed by atoms with Crippen LogP contribution < -0.4 is 4.72 Å². The molecule has 1 aromatic rings. The van der Waals surface area contributed by atoms with E-state index in [2.05, 4.69) is 15.6 Å². The van der Waals surface area contributed by atoms with Crippen molar-refractivity contribution >= 4 is 33.0 Å². The van der Waals surface area contributed by atoms with E-state index in [0.29, 0.717) is 6.42 Å². The van der Waals surface area contributed by atoms with Crippen molar-refractivity contribution in [3.8, 4) is 12.3 Å². The van der Waals surface area contributed by atoms with Gasteiger partial charge in [-0.2, -0.15) is 4.72 Å². The standard InChI is InChI=1S/C8H9ClN2O2S2/c1-3-6(4-2)11-15(12,13)7-5-10-8(9)14-7/h1,5-6,11H,4H2,2H3. The lowest BCUT2D eigenvalue weighted by Gasteiger charge is -2.09. The number of nitrogens with zero attached hydrogens (tertiary/aromatic N) is 1. The minimum absolute atomic E-state index is 0.0706. The van der Waals surface area contributed by atoms with Gasteiger partial charge in [0, 0.05) is 0 Å². The van der Waals surface area contributed by atoms with Crippen LogP contribution >= 0.6 is 22.9 Å². The molecule has 0 aliphatic rings. The zero-order valence-corrected chi connectivity index (χ0v) is 10.3. The fourth-order valence-electron chi connectivity index (χ4n) is 0.844. The van der Waals surface area contributed by atoms with Crippen molar-refractivity contribution in [2.24, 2.45) is 0 Å². The van der Waals surface area contributed by atoms with Crippen LogP contribution in [0.15, 0.2) is 10.4 Å². The third-order valence-electron chi connectivity index (χ3n) is 1.63. The highest BCUT2D eigenvalue weighted by Crippen LogP contribution is 2.22. The van der Waals surface area contributed by atoms with Crippen molar-refractivity contribution in [3.05, 3.63) is 10.7 Å². The molecular formula is C8H9ClN2O2S2. The number of terminal acetylenes is 1. The third kappa shape index (κ3) is 3.18. The van der Waals surface area contributed by atoms with Crippen LogP contribution in [-0.2, 0) is 10.0 Å². The predicted molar refractivity (Wildman–Crippen MR) is 60.4 cm³/mol. The summed E-state index contributed by atoms with van der Waals surface area (Å²) in [5.41, 5.74) is 0. The molecule has 0 saturated carbocycles. The number of rotatable bonds is 4. The molecule has 1 aromatic heterocycles. The molecule has 0 amide bonds.